The summed E-state index contributed by atoms with van der Waals surface area (Å²) in [6.07, 6.45) is 0. The third-order valence-corrected chi connectivity index (χ3v) is 12.8. The molecule has 2 aromatic heterocycles. The first kappa shape index (κ1) is 48.1. The van der Waals surface area contributed by atoms with Gasteiger partial charge in [-0.25, -0.2) is 18.4 Å². The molecular weight excluding hydrogens is 1110 g/mol. The number of halogens is 6. The summed E-state index contributed by atoms with van der Waals surface area (Å²) < 4.78 is 51.5. The molecule has 1 N–H and O–H groups in total. The maximum Gasteiger partial charge on any atom is 0.338 e. The number of aromatic carboxylic acids is 1. The molecule has 0 aliphatic heterocycles. The number of hydrogen-bond donors (Lipinski definition) is 1. The van der Waals surface area contributed by atoms with Gasteiger partial charge < -0.3 is 28.5 Å². The number of benzene rings is 6. The molecule has 0 saturated carbocycles. The van der Waals surface area contributed by atoms with E-state index >= 15 is 0 Å². The number of nitrogens with zero attached hydrogens (tertiary/aromatic N) is 2. The van der Waals surface area contributed by atoms with Gasteiger partial charge in [-0.3, -0.25) is 0 Å². The Morgan fingerprint density at radius 2 is 1.02 bits per heavy atom. The zero-order valence-corrected chi connectivity index (χ0v) is 42.0. The molecule has 0 bridgehead atoms. The highest BCUT2D eigenvalue weighted by atomic mass is 79.9. The van der Waals surface area contributed by atoms with Crippen LogP contribution in [0.5, 0.6) is 11.5 Å². The van der Waals surface area contributed by atoms with Gasteiger partial charge >= 0.3 is 11.9 Å². The first-order valence-electron chi connectivity index (χ1n) is 20.4. The van der Waals surface area contributed by atoms with Crippen LogP contribution in [-0.4, -0.2) is 32.8 Å². The van der Waals surface area contributed by atoms with Crippen molar-refractivity contribution in [1.29, 1.82) is 0 Å². The normalized spacial score (nSPS) is 10.9. The lowest BCUT2D eigenvalue weighted by Crippen LogP contribution is -2.07. The van der Waals surface area contributed by atoms with E-state index in [1.165, 1.54) is 24.3 Å². The molecule has 8 nitrogen and oxygen atoms in total. The molecule has 66 heavy (non-hydrogen) atoms. The Morgan fingerprint density at radius 1 is 0.561 bits per heavy atom. The van der Waals surface area contributed by atoms with E-state index in [2.05, 4.69) is 68.3 Å². The molecule has 0 atom stereocenters. The molecular formula is C52H40Br4F2N2O6. The number of rotatable bonds is 13. The van der Waals surface area contributed by atoms with Gasteiger partial charge in [0.2, 0.25) is 0 Å². The highest BCUT2D eigenvalue weighted by molar-refractivity contribution is 9.11. The van der Waals surface area contributed by atoms with Crippen molar-refractivity contribution in [2.24, 2.45) is 0 Å². The van der Waals surface area contributed by atoms with Crippen LogP contribution in [0.2, 0.25) is 0 Å². The number of carbonyl (C=O) groups excluding carboxylic acids is 1. The number of ether oxygens (including phenoxy) is 3. The lowest BCUT2D eigenvalue weighted by Gasteiger charge is -2.17. The van der Waals surface area contributed by atoms with Crippen molar-refractivity contribution < 1.29 is 37.7 Å². The van der Waals surface area contributed by atoms with Gasteiger partial charge in [0.1, 0.15) is 36.3 Å². The predicted molar refractivity (Wildman–Crippen MR) is 267 cm³/mol. The molecule has 8 aromatic rings. The summed E-state index contributed by atoms with van der Waals surface area (Å²) in [5.41, 5.74) is 9.40. The monoisotopic (exact) mass is 1140 g/mol. The summed E-state index contributed by atoms with van der Waals surface area (Å²) in [6, 6.07) is 42.7. The van der Waals surface area contributed by atoms with Crippen LogP contribution in [-0.2, 0) is 18.0 Å². The molecule has 0 spiro atoms. The topological polar surface area (TPSA) is 91.9 Å². The van der Waals surface area contributed by atoms with E-state index in [9.17, 15) is 23.5 Å². The Balaban J connectivity index is 0.000000197. The van der Waals surface area contributed by atoms with Crippen molar-refractivity contribution in [3.8, 4) is 45.4 Å². The molecule has 0 saturated heterocycles. The minimum atomic E-state index is -0.977. The molecule has 14 heteroatoms. The van der Waals surface area contributed by atoms with E-state index in [0.29, 0.717) is 32.6 Å². The number of hydrogen-bond acceptors (Lipinski definition) is 5. The molecule has 0 fully saturated rings. The van der Waals surface area contributed by atoms with Crippen LogP contribution in [0, 0.1) is 25.5 Å². The number of aryl methyl sites for hydroxylation is 2. The Morgan fingerprint density at radius 3 is 1.45 bits per heavy atom. The highest BCUT2D eigenvalue weighted by Crippen LogP contribution is 2.38. The highest BCUT2D eigenvalue weighted by Gasteiger charge is 2.19. The van der Waals surface area contributed by atoms with Crippen LogP contribution in [0.15, 0.2) is 163 Å². The minimum absolute atomic E-state index is 0.216. The van der Waals surface area contributed by atoms with Crippen molar-refractivity contribution >= 4 is 75.7 Å². The third-order valence-electron chi connectivity index (χ3n) is 10.4. The second-order valence-electron chi connectivity index (χ2n) is 14.8. The average molecular weight is 1150 g/mol. The standard InChI is InChI=1S/C27H22Br2FNO3.C25H18Br2FNO3/c1-3-33-27(32)18-5-4-6-22(13-18)31-17(2)7-11-25(31)23-14-20(28)9-12-26(23)34-16-19-8-10-21(30)15-24(19)29;1-15-5-9-23(29(15)20-4-2-3-16(11-20)25(30)31)21-12-18(26)7-10-24(21)32-14-17-6-8-19(28)13-22(17)27/h4-15H,3,16H2,1-2H3;2-13H,14H2,1H3,(H,30,31). The zero-order chi connectivity index (χ0) is 47.1. The van der Waals surface area contributed by atoms with Gasteiger partial charge in [0.25, 0.3) is 0 Å². The Kier molecular flexibility index (Phi) is 15.8. The maximum absolute atomic E-state index is 13.5. The van der Waals surface area contributed by atoms with Crippen molar-refractivity contribution in [1.82, 2.24) is 9.13 Å². The first-order valence-corrected chi connectivity index (χ1v) is 23.6. The van der Waals surface area contributed by atoms with Gasteiger partial charge in [-0.05, 0) is 142 Å². The second-order valence-corrected chi connectivity index (χ2v) is 18.4. The van der Waals surface area contributed by atoms with Gasteiger partial charge in [-0.1, -0.05) is 88.0 Å². The van der Waals surface area contributed by atoms with Crippen LogP contribution in [0.25, 0.3) is 33.9 Å². The molecule has 336 valence electrons. The smallest absolute Gasteiger partial charge is 0.338 e. The van der Waals surface area contributed by atoms with Crippen molar-refractivity contribution in [2.45, 2.75) is 34.0 Å². The Labute approximate surface area is 414 Å². The maximum atomic E-state index is 13.5. The Bertz CT molecular complexity index is 3080. The van der Waals surface area contributed by atoms with Gasteiger partial charge in [0, 0.05) is 62.9 Å². The lowest BCUT2D eigenvalue weighted by molar-refractivity contribution is 0.0525. The molecule has 8 rings (SSSR count). The molecule has 0 amide bonds. The summed E-state index contributed by atoms with van der Waals surface area (Å²) in [4.78, 5) is 23.8. The van der Waals surface area contributed by atoms with Crippen LogP contribution in [0.4, 0.5) is 8.78 Å². The van der Waals surface area contributed by atoms with E-state index in [1.807, 2.05) is 103 Å². The quantitative estimate of drug-likeness (QED) is 0.116. The molecule has 0 aliphatic rings. The van der Waals surface area contributed by atoms with E-state index in [-0.39, 0.29) is 36.4 Å². The van der Waals surface area contributed by atoms with Gasteiger partial charge in [0.05, 0.1) is 29.1 Å². The van der Waals surface area contributed by atoms with Crippen molar-refractivity contribution in [2.75, 3.05) is 6.61 Å². The zero-order valence-electron chi connectivity index (χ0n) is 35.6. The minimum Gasteiger partial charge on any atom is -0.488 e. The summed E-state index contributed by atoms with van der Waals surface area (Å²) >= 11 is 13.9. The van der Waals surface area contributed by atoms with Gasteiger partial charge in [0.15, 0.2) is 0 Å². The number of aromatic nitrogens is 2. The van der Waals surface area contributed by atoms with Gasteiger partial charge in [-0.2, -0.15) is 0 Å². The number of carbonyl (C=O) groups is 2. The molecule has 0 radical (unpaired) electrons. The molecule has 2 heterocycles. The molecule has 6 aromatic carbocycles. The Hall–Kier alpha value is -5.80. The largest absolute Gasteiger partial charge is 0.488 e. The third kappa shape index (κ3) is 11.4. The summed E-state index contributed by atoms with van der Waals surface area (Å²) in [5, 5.41) is 9.40. The van der Waals surface area contributed by atoms with Crippen molar-refractivity contribution in [3.05, 3.63) is 209 Å². The molecule has 0 aliphatic carbocycles. The molecule has 0 unspecified atom stereocenters. The van der Waals surface area contributed by atoms with Crippen molar-refractivity contribution in [3.63, 3.8) is 0 Å². The van der Waals surface area contributed by atoms with Crippen LogP contribution < -0.4 is 9.47 Å². The fraction of sp³-hybridized carbons (Fsp3) is 0.115. The van der Waals surface area contributed by atoms with Crippen LogP contribution >= 0.6 is 63.7 Å². The lowest BCUT2D eigenvalue weighted by atomic mass is 10.1. The summed E-state index contributed by atoms with van der Waals surface area (Å²) in [7, 11) is 0. The summed E-state index contributed by atoms with van der Waals surface area (Å²) in [6.45, 7) is 6.60. The fourth-order valence-electron chi connectivity index (χ4n) is 7.19. The fourth-order valence-corrected chi connectivity index (χ4v) is 8.85. The van der Waals surface area contributed by atoms with Gasteiger partial charge in [-0.15, -0.1) is 0 Å². The second kappa shape index (κ2) is 21.7. The number of carboxylic acid groups (broad SMARTS) is 1. The summed E-state index contributed by atoms with van der Waals surface area (Å²) in [5.74, 6) is -0.625. The number of carboxylic acids is 1. The van der Waals surface area contributed by atoms with Crippen LogP contribution in [0.3, 0.4) is 0 Å². The van der Waals surface area contributed by atoms with E-state index in [0.717, 1.165) is 65.3 Å². The van der Waals surface area contributed by atoms with E-state index in [1.54, 1.807) is 43.3 Å². The number of esters is 1. The SMILES string of the molecule is CCOC(=O)c1cccc(-n2c(C)ccc2-c2cc(Br)ccc2OCc2ccc(F)cc2Br)c1.Cc1ccc(-c2cc(Br)ccc2OCc2ccc(F)cc2Br)n1-c1cccc(C(=O)O)c1. The average Bonchev–Trinajstić information content (AvgIpc) is 3.88. The van der Waals surface area contributed by atoms with Crippen LogP contribution in [0.1, 0.15) is 50.2 Å². The van der Waals surface area contributed by atoms with E-state index < -0.39 is 5.97 Å². The van der Waals surface area contributed by atoms with E-state index in [4.69, 9.17) is 14.2 Å². The first-order chi connectivity index (χ1) is 31.7. The predicted octanol–water partition coefficient (Wildman–Crippen LogP) is 15.3.